The van der Waals surface area contributed by atoms with E-state index >= 15 is 0 Å². The molecule has 138 valence electrons. The van der Waals surface area contributed by atoms with E-state index in [1.165, 1.54) is 11.3 Å². The Bertz CT molecular complexity index is 833. The number of aryl methyl sites for hydroxylation is 1. The van der Waals surface area contributed by atoms with E-state index in [4.69, 9.17) is 4.74 Å². The summed E-state index contributed by atoms with van der Waals surface area (Å²) >= 11 is 1.17. The normalized spacial score (nSPS) is 12.4. The molecule has 2 heterocycles. The van der Waals surface area contributed by atoms with Crippen LogP contribution in [0.15, 0.2) is 4.79 Å². The minimum Gasteiger partial charge on any atom is -0.459 e. The first-order chi connectivity index (χ1) is 11.5. The molecule has 7 nitrogen and oxygen atoms in total. The van der Waals surface area contributed by atoms with Crippen LogP contribution in [0.2, 0.25) is 0 Å². The third kappa shape index (κ3) is 4.87. The molecule has 0 aliphatic heterocycles. The second-order valence-corrected chi connectivity index (χ2v) is 8.19. The van der Waals surface area contributed by atoms with Crippen LogP contribution in [0.3, 0.4) is 0 Å². The lowest BCUT2D eigenvalue weighted by molar-refractivity contribution is 0.0381. The number of H-pyrrole nitrogens is 1. The summed E-state index contributed by atoms with van der Waals surface area (Å²) in [6.07, 6.45) is -0.227. The standard InChI is InChI=1S/C17H25N3O4S/c1-9(2)24-16(22)13-10(3)12-14(21)18-11(19-15(12)25-13)7-20(6)8-17(4,5)23/h9,23H,7-8H2,1-6H3,(H,18,19,21). The van der Waals surface area contributed by atoms with Gasteiger partial charge < -0.3 is 14.8 Å². The fraction of sp³-hybridized carbons (Fsp3) is 0.588. The molecule has 2 rings (SSSR count). The number of aromatic nitrogens is 2. The zero-order valence-corrected chi connectivity index (χ0v) is 16.3. The molecule has 0 amide bonds. The lowest BCUT2D eigenvalue weighted by Gasteiger charge is -2.24. The Morgan fingerprint density at radius 2 is 2.08 bits per heavy atom. The molecule has 8 heteroatoms. The van der Waals surface area contributed by atoms with Crippen molar-refractivity contribution in [2.45, 2.75) is 52.9 Å². The Labute approximate surface area is 150 Å². The number of carbonyl (C=O) groups is 1. The summed E-state index contributed by atoms with van der Waals surface area (Å²) in [5.74, 6) is 0.0601. The van der Waals surface area contributed by atoms with E-state index in [1.54, 1.807) is 34.6 Å². The van der Waals surface area contributed by atoms with Crippen LogP contribution in [0.5, 0.6) is 0 Å². The molecule has 0 aliphatic carbocycles. The van der Waals surface area contributed by atoms with Crippen molar-refractivity contribution in [3.05, 3.63) is 26.6 Å². The van der Waals surface area contributed by atoms with Crippen LogP contribution < -0.4 is 5.56 Å². The van der Waals surface area contributed by atoms with Crippen LogP contribution in [0, 0.1) is 6.92 Å². The van der Waals surface area contributed by atoms with E-state index in [0.29, 0.717) is 39.6 Å². The number of nitrogens with zero attached hydrogens (tertiary/aromatic N) is 2. The number of hydrogen-bond donors (Lipinski definition) is 2. The number of likely N-dealkylation sites (N-methyl/N-ethyl adjacent to an activating group) is 1. The molecule has 2 N–H and O–H groups in total. The zero-order valence-electron chi connectivity index (χ0n) is 15.5. The smallest absolute Gasteiger partial charge is 0.348 e. The number of carbonyl (C=O) groups excluding carboxylic acids is 1. The van der Waals surface area contributed by atoms with Gasteiger partial charge in [-0.1, -0.05) is 0 Å². The number of thiophene rings is 1. The number of esters is 1. The molecule has 0 bridgehead atoms. The molecule has 0 atom stereocenters. The highest BCUT2D eigenvalue weighted by molar-refractivity contribution is 7.20. The van der Waals surface area contributed by atoms with Gasteiger partial charge in [0, 0.05) is 6.54 Å². The number of nitrogens with one attached hydrogen (secondary N) is 1. The van der Waals surface area contributed by atoms with Crippen LogP contribution in [0.25, 0.3) is 10.2 Å². The van der Waals surface area contributed by atoms with E-state index in [-0.39, 0.29) is 11.7 Å². The average Bonchev–Trinajstić information content (AvgIpc) is 2.73. The first-order valence-corrected chi connectivity index (χ1v) is 8.94. The quantitative estimate of drug-likeness (QED) is 0.759. The molecule has 0 saturated heterocycles. The van der Waals surface area contributed by atoms with Gasteiger partial charge >= 0.3 is 5.97 Å². The van der Waals surface area contributed by atoms with Crippen molar-refractivity contribution >= 4 is 27.5 Å². The molecule has 2 aromatic rings. The van der Waals surface area contributed by atoms with Gasteiger partial charge in [0.05, 0.1) is 23.6 Å². The van der Waals surface area contributed by atoms with E-state index in [2.05, 4.69) is 9.97 Å². The Morgan fingerprint density at radius 3 is 2.64 bits per heavy atom. The van der Waals surface area contributed by atoms with Gasteiger partial charge in [0.1, 0.15) is 15.5 Å². The summed E-state index contributed by atoms with van der Waals surface area (Å²) in [7, 11) is 1.84. The second-order valence-electron chi connectivity index (χ2n) is 7.19. The zero-order chi connectivity index (χ0) is 18.9. The lowest BCUT2D eigenvalue weighted by Crippen LogP contribution is -2.36. The Morgan fingerprint density at radius 1 is 1.44 bits per heavy atom. The average molecular weight is 367 g/mol. The first-order valence-electron chi connectivity index (χ1n) is 8.12. The molecule has 2 aromatic heterocycles. The number of hydrogen-bond acceptors (Lipinski definition) is 7. The van der Waals surface area contributed by atoms with Crippen molar-refractivity contribution in [2.24, 2.45) is 0 Å². The van der Waals surface area contributed by atoms with Crippen LogP contribution in [-0.2, 0) is 11.3 Å². The molecular formula is C17H25N3O4S. The third-order valence-corrected chi connectivity index (χ3v) is 4.62. The van der Waals surface area contributed by atoms with E-state index in [0.717, 1.165) is 0 Å². The van der Waals surface area contributed by atoms with Gasteiger partial charge in [0.25, 0.3) is 5.56 Å². The van der Waals surface area contributed by atoms with Crippen molar-refractivity contribution in [2.75, 3.05) is 13.6 Å². The predicted octanol–water partition coefficient (Wildman–Crippen LogP) is 2.06. The number of fused-ring (bicyclic) bond motifs is 1. The highest BCUT2D eigenvalue weighted by atomic mass is 32.1. The van der Waals surface area contributed by atoms with E-state index < -0.39 is 11.6 Å². The Balaban J connectivity index is 2.36. The van der Waals surface area contributed by atoms with Crippen molar-refractivity contribution in [1.29, 1.82) is 0 Å². The molecule has 0 aliphatic rings. The largest absolute Gasteiger partial charge is 0.459 e. The van der Waals surface area contributed by atoms with Crippen molar-refractivity contribution in [3.8, 4) is 0 Å². The highest BCUT2D eigenvalue weighted by Crippen LogP contribution is 2.28. The predicted molar refractivity (Wildman–Crippen MR) is 98.2 cm³/mol. The fourth-order valence-electron chi connectivity index (χ4n) is 2.70. The third-order valence-electron chi connectivity index (χ3n) is 3.45. The van der Waals surface area contributed by atoms with Crippen molar-refractivity contribution in [3.63, 3.8) is 0 Å². The molecule has 0 unspecified atom stereocenters. The fourth-order valence-corrected chi connectivity index (χ4v) is 3.78. The minimum atomic E-state index is -0.841. The highest BCUT2D eigenvalue weighted by Gasteiger charge is 2.22. The number of ether oxygens (including phenoxy) is 1. The lowest BCUT2D eigenvalue weighted by atomic mass is 10.1. The van der Waals surface area contributed by atoms with Gasteiger partial charge in [-0.3, -0.25) is 9.69 Å². The molecule has 0 saturated carbocycles. The summed E-state index contributed by atoms with van der Waals surface area (Å²) in [5, 5.41) is 10.3. The molecular weight excluding hydrogens is 342 g/mol. The van der Waals surface area contributed by atoms with Gasteiger partial charge in [-0.05, 0) is 47.2 Å². The molecule has 0 spiro atoms. The molecule has 0 aromatic carbocycles. The molecule has 25 heavy (non-hydrogen) atoms. The first kappa shape index (κ1) is 19.6. The van der Waals surface area contributed by atoms with Gasteiger partial charge in [-0.2, -0.15) is 0 Å². The number of rotatable bonds is 6. The SMILES string of the molecule is Cc1c(C(=O)OC(C)C)sc2nc(CN(C)CC(C)(C)O)[nH]c(=O)c12. The van der Waals surface area contributed by atoms with Gasteiger partial charge in [-0.25, -0.2) is 9.78 Å². The Hall–Kier alpha value is -1.77. The summed E-state index contributed by atoms with van der Waals surface area (Å²) in [6, 6.07) is 0. The van der Waals surface area contributed by atoms with Crippen LogP contribution >= 0.6 is 11.3 Å². The van der Waals surface area contributed by atoms with Gasteiger partial charge in [0.2, 0.25) is 0 Å². The van der Waals surface area contributed by atoms with Crippen molar-refractivity contribution in [1.82, 2.24) is 14.9 Å². The maximum Gasteiger partial charge on any atom is 0.348 e. The number of aromatic amines is 1. The summed E-state index contributed by atoms with van der Waals surface area (Å²) in [6.45, 7) is 9.55. The van der Waals surface area contributed by atoms with E-state index in [9.17, 15) is 14.7 Å². The van der Waals surface area contributed by atoms with Crippen LogP contribution in [-0.4, -0.2) is 51.2 Å². The van der Waals surface area contributed by atoms with Crippen molar-refractivity contribution < 1.29 is 14.6 Å². The van der Waals surface area contributed by atoms with Gasteiger partial charge in [-0.15, -0.1) is 11.3 Å². The molecule has 0 fully saturated rings. The topological polar surface area (TPSA) is 95.5 Å². The van der Waals surface area contributed by atoms with Crippen LogP contribution in [0.4, 0.5) is 0 Å². The summed E-state index contributed by atoms with van der Waals surface area (Å²) in [5.41, 5.74) is -0.517. The molecule has 0 radical (unpaired) electrons. The van der Waals surface area contributed by atoms with Gasteiger partial charge in [0.15, 0.2) is 0 Å². The summed E-state index contributed by atoms with van der Waals surface area (Å²) < 4.78 is 5.23. The maximum atomic E-state index is 12.4. The monoisotopic (exact) mass is 367 g/mol. The van der Waals surface area contributed by atoms with E-state index in [1.807, 2.05) is 11.9 Å². The Kier molecular flexibility index (Phi) is 5.65. The second kappa shape index (κ2) is 7.23. The summed E-state index contributed by atoms with van der Waals surface area (Å²) in [4.78, 5) is 34.7. The maximum absolute atomic E-state index is 12.4. The van der Waals surface area contributed by atoms with Crippen LogP contribution in [0.1, 0.15) is 48.8 Å². The number of aliphatic hydroxyl groups is 1. The minimum absolute atomic E-state index is 0.227.